The Kier molecular flexibility index (Phi) is 46.6. The molecule has 0 aliphatic heterocycles. The van der Waals surface area contributed by atoms with Crippen LogP contribution >= 0.6 is 0 Å². The molecule has 0 aromatic heterocycles. The molecule has 0 saturated carbocycles. The molecule has 0 radical (unpaired) electrons. The van der Waals surface area contributed by atoms with Crippen LogP contribution in [0.25, 0.3) is 108 Å². The van der Waals surface area contributed by atoms with E-state index >= 15 is 0 Å². The molecule has 0 N–H and O–H groups in total. The second kappa shape index (κ2) is 55.0. The van der Waals surface area contributed by atoms with E-state index < -0.39 is 0 Å². The Morgan fingerprint density at radius 2 is 0.304 bits per heavy atom. The summed E-state index contributed by atoms with van der Waals surface area (Å²) in [7, 11) is 0. The lowest BCUT2D eigenvalue weighted by molar-refractivity contribution is 1.48. The maximum atomic E-state index is 2.28. The lowest BCUT2D eigenvalue weighted by atomic mass is 10.0. The Bertz CT molecular complexity index is 5260. The fraction of sp³-hybridized carbons (Fsp3) is 0.214. The molecule has 112 heavy (non-hydrogen) atoms. The molecule has 580 valence electrons. The van der Waals surface area contributed by atoms with Crippen molar-refractivity contribution in [2.45, 2.75) is 166 Å². The lowest BCUT2D eigenvalue weighted by Crippen LogP contribution is -1.79. The van der Waals surface area contributed by atoms with Crippen LogP contribution in [0.4, 0.5) is 0 Å². The van der Waals surface area contributed by atoms with Crippen LogP contribution in [0.1, 0.15) is 155 Å². The summed E-state index contributed by atoms with van der Waals surface area (Å²) in [6, 6.07) is 128. The van der Waals surface area contributed by atoms with Crippen LogP contribution in [0.15, 0.2) is 364 Å². The van der Waals surface area contributed by atoms with Crippen LogP contribution in [-0.4, -0.2) is 0 Å². The molecule has 18 aromatic carbocycles. The maximum absolute atomic E-state index is 2.28. The highest BCUT2D eigenvalue weighted by molar-refractivity contribution is 6.01. The first-order valence-electron chi connectivity index (χ1n) is 41.4. The molecule has 0 unspecified atom stereocenters. The molecule has 0 bridgehead atoms. The minimum Gasteiger partial charge on any atom is -0.0683 e. The monoisotopic (exact) mass is 1480 g/mol. The Balaban J connectivity index is 0.000000325. The summed E-state index contributed by atoms with van der Waals surface area (Å²) in [5.74, 6) is 0. The minimum absolute atomic E-state index is 1.31. The molecule has 18 rings (SSSR count). The smallest absolute Gasteiger partial charge is 0.0148 e. The summed E-state index contributed by atoms with van der Waals surface area (Å²) in [6.07, 6.45) is 0. The summed E-state index contributed by atoms with van der Waals surface area (Å²) in [5.41, 5.74) is 10.7. The standard InChI is InChI=1S/3C15H12.4C11H10.C7H8.8C2H6/c2*1-11-5-4-8-14-9-12-6-2-3-7-13(12)10-15(11)14;1-11-6-7-14-9-12-4-2-3-5-13(12)10-15(14)8-11;2*1-9-5-4-7-10-6-2-3-8-11(9)10;2*1-9-6-7-10-4-2-3-5-11(10)8-9;1-7-5-3-2-4-6-7;8*1-2/h3*2-10H,1H3;4*2-8H,1H3;2-6H,1H3;8*1-2H3. The van der Waals surface area contributed by atoms with Crippen LogP contribution in [0.5, 0.6) is 0 Å². The van der Waals surface area contributed by atoms with E-state index in [0.29, 0.717) is 0 Å². The fourth-order valence-corrected chi connectivity index (χ4v) is 12.2. The molecule has 18 aromatic rings. The van der Waals surface area contributed by atoms with Crippen molar-refractivity contribution < 1.29 is 0 Å². The van der Waals surface area contributed by atoms with E-state index in [1.54, 1.807) is 0 Å². The van der Waals surface area contributed by atoms with Gasteiger partial charge in [-0.2, -0.15) is 0 Å². The number of rotatable bonds is 0. The predicted molar refractivity (Wildman–Crippen MR) is 515 cm³/mol. The van der Waals surface area contributed by atoms with Crippen molar-refractivity contribution in [2.24, 2.45) is 0 Å². The molecule has 0 fully saturated rings. The van der Waals surface area contributed by atoms with Crippen LogP contribution < -0.4 is 0 Å². The SMILES string of the molecule is CC.CC.CC.CC.CC.CC.CC.CC.Cc1ccc2cc3ccccc3cc2c1.Cc1ccc2ccccc2c1.Cc1ccc2ccccc2c1.Cc1cccc2cc3ccccc3cc12.Cc1cccc2cc3ccccc3cc12.Cc1cccc2ccccc12.Cc1cccc2ccccc12.Cc1ccccc1. The zero-order valence-corrected chi connectivity index (χ0v) is 72.6. The highest BCUT2D eigenvalue weighted by atomic mass is 14.1. The zero-order valence-electron chi connectivity index (χ0n) is 72.6. The summed E-state index contributed by atoms with van der Waals surface area (Å²) < 4.78 is 0. The number of aryl methyl sites for hydroxylation is 8. The first-order valence-corrected chi connectivity index (χ1v) is 41.4. The molecule has 0 heteroatoms. The van der Waals surface area contributed by atoms with Crippen LogP contribution in [0, 0.1) is 55.4 Å². The molecular formula is C112H132. The van der Waals surface area contributed by atoms with Crippen molar-refractivity contribution in [3.8, 4) is 0 Å². The van der Waals surface area contributed by atoms with Gasteiger partial charge in [0.15, 0.2) is 0 Å². The van der Waals surface area contributed by atoms with Gasteiger partial charge in [-0.25, -0.2) is 0 Å². The Hall–Kier alpha value is -11.4. The van der Waals surface area contributed by atoms with Gasteiger partial charge in [-0.1, -0.05) is 461 Å². The van der Waals surface area contributed by atoms with Crippen molar-refractivity contribution in [1.82, 2.24) is 0 Å². The van der Waals surface area contributed by atoms with E-state index in [1.807, 2.05) is 129 Å². The number of hydrogen-bond donors (Lipinski definition) is 0. The summed E-state index contributed by atoms with van der Waals surface area (Å²) in [5, 5.41) is 26.6. The highest BCUT2D eigenvalue weighted by Gasteiger charge is 2.03. The second-order valence-corrected chi connectivity index (χ2v) is 25.0. The van der Waals surface area contributed by atoms with E-state index in [9.17, 15) is 0 Å². The maximum Gasteiger partial charge on any atom is -0.0148 e. The first-order chi connectivity index (χ1) is 54.9. The van der Waals surface area contributed by atoms with E-state index in [4.69, 9.17) is 0 Å². The molecular weight excluding hydrogens is 1350 g/mol. The van der Waals surface area contributed by atoms with E-state index in [-0.39, 0.29) is 0 Å². The van der Waals surface area contributed by atoms with Crippen LogP contribution in [0.2, 0.25) is 0 Å². The van der Waals surface area contributed by atoms with Gasteiger partial charge in [0.2, 0.25) is 0 Å². The zero-order chi connectivity index (χ0) is 82.6. The average Bonchev–Trinajstić information content (AvgIpc) is 0.806. The molecule has 0 nitrogen and oxygen atoms in total. The average molecular weight is 1480 g/mol. The van der Waals surface area contributed by atoms with Gasteiger partial charge in [0.1, 0.15) is 0 Å². The normalized spacial score (nSPS) is 9.43. The van der Waals surface area contributed by atoms with Gasteiger partial charge in [0, 0.05) is 0 Å². The van der Waals surface area contributed by atoms with Gasteiger partial charge in [-0.3, -0.25) is 0 Å². The molecule has 0 saturated heterocycles. The van der Waals surface area contributed by atoms with Gasteiger partial charge in [-0.15, -0.1) is 0 Å². The first kappa shape index (κ1) is 94.8. The van der Waals surface area contributed by atoms with E-state index in [2.05, 4.69) is 401 Å². The van der Waals surface area contributed by atoms with Gasteiger partial charge in [0.05, 0.1) is 0 Å². The van der Waals surface area contributed by atoms with E-state index in [0.717, 1.165) is 0 Å². The number of benzene rings is 18. The predicted octanol–water partition coefficient (Wildman–Crippen LogP) is 35.7. The van der Waals surface area contributed by atoms with Crippen molar-refractivity contribution in [2.75, 3.05) is 0 Å². The largest absolute Gasteiger partial charge is 0.0683 e. The Morgan fingerprint density at radius 1 is 0.107 bits per heavy atom. The Morgan fingerprint density at radius 3 is 0.598 bits per heavy atom. The molecule has 0 aliphatic carbocycles. The minimum atomic E-state index is 1.31. The topological polar surface area (TPSA) is 0 Å². The van der Waals surface area contributed by atoms with Crippen molar-refractivity contribution >= 4 is 108 Å². The van der Waals surface area contributed by atoms with Crippen molar-refractivity contribution in [3.63, 3.8) is 0 Å². The highest BCUT2D eigenvalue weighted by Crippen LogP contribution is 2.28. The van der Waals surface area contributed by atoms with Crippen LogP contribution in [0.3, 0.4) is 0 Å². The van der Waals surface area contributed by atoms with Crippen molar-refractivity contribution in [3.05, 3.63) is 408 Å². The van der Waals surface area contributed by atoms with Crippen LogP contribution in [-0.2, 0) is 0 Å². The van der Waals surface area contributed by atoms with Gasteiger partial charge < -0.3 is 0 Å². The summed E-state index contributed by atoms with van der Waals surface area (Å²) >= 11 is 0. The third kappa shape index (κ3) is 30.1. The number of hydrogen-bond acceptors (Lipinski definition) is 0. The fourth-order valence-electron chi connectivity index (χ4n) is 12.2. The summed E-state index contributed by atoms with van der Waals surface area (Å²) in [4.78, 5) is 0. The third-order valence-corrected chi connectivity index (χ3v) is 17.6. The third-order valence-electron chi connectivity index (χ3n) is 17.6. The number of fused-ring (bicyclic) bond motifs is 10. The van der Waals surface area contributed by atoms with E-state index in [1.165, 1.54) is 152 Å². The summed E-state index contributed by atoms with van der Waals surface area (Å²) in [6.45, 7) is 49.1. The Labute approximate surface area is 677 Å². The second-order valence-electron chi connectivity index (χ2n) is 25.0. The lowest BCUT2D eigenvalue weighted by Gasteiger charge is -2.04. The molecule has 0 atom stereocenters. The van der Waals surface area contributed by atoms with Gasteiger partial charge >= 0.3 is 0 Å². The molecule has 0 spiro atoms. The quantitative estimate of drug-likeness (QED) is 0.133. The molecule has 0 heterocycles. The molecule has 0 amide bonds. The van der Waals surface area contributed by atoms with Gasteiger partial charge in [0.25, 0.3) is 0 Å². The van der Waals surface area contributed by atoms with Gasteiger partial charge in [-0.05, 0) is 222 Å². The van der Waals surface area contributed by atoms with Crippen molar-refractivity contribution in [1.29, 1.82) is 0 Å². The molecule has 0 aliphatic rings.